The Morgan fingerprint density at radius 1 is 1.28 bits per heavy atom. The number of rotatable bonds is 10. The molecule has 8 heteroatoms. The highest BCUT2D eigenvalue weighted by atomic mass is 32.2. The number of likely N-dealkylation sites (tertiary alicyclic amines) is 1. The van der Waals surface area contributed by atoms with Crippen LogP contribution in [0.25, 0.3) is 0 Å². The van der Waals surface area contributed by atoms with Crippen LogP contribution in [0.3, 0.4) is 0 Å². The number of sulfone groups is 1. The van der Waals surface area contributed by atoms with Crippen LogP contribution in [-0.2, 0) is 14.6 Å². The van der Waals surface area contributed by atoms with Crippen molar-refractivity contribution in [3.05, 3.63) is 0 Å². The molecular formula is C17H36N4O3S. The van der Waals surface area contributed by atoms with Crippen LogP contribution in [0, 0.1) is 5.92 Å². The average Bonchev–Trinajstić information content (AvgIpc) is 2.51. The first-order valence-corrected chi connectivity index (χ1v) is 11.4. The average molecular weight is 377 g/mol. The summed E-state index contributed by atoms with van der Waals surface area (Å²) in [6, 6.07) is 0.451. The van der Waals surface area contributed by atoms with Gasteiger partial charge >= 0.3 is 0 Å². The fourth-order valence-electron chi connectivity index (χ4n) is 2.82. The van der Waals surface area contributed by atoms with Crippen molar-refractivity contribution in [2.45, 2.75) is 39.7 Å². The summed E-state index contributed by atoms with van der Waals surface area (Å²) in [5, 5.41) is 6.77. The molecule has 0 aromatic heterocycles. The van der Waals surface area contributed by atoms with Gasteiger partial charge in [0.15, 0.2) is 5.96 Å². The molecule has 1 aliphatic rings. The molecule has 1 fully saturated rings. The molecule has 0 amide bonds. The fraction of sp³-hybridized carbons (Fsp3) is 0.941. The number of guanidine groups is 1. The topological polar surface area (TPSA) is 83.0 Å². The molecule has 0 aliphatic carbocycles. The predicted molar refractivity (Wildman–Crippen MR) is 104 cm³/mol. The van der Waals surface area contributed by atoms with E-state index in [2.05, 4.69) is 34.4 Å². The Balaban J connectivity index is 2.29. The monoisotopic (exact) mass is 376 g/mol. The smallest absolute Gasteiger partial charge is 0.191 e. The quantitative estimate of drug-likeness (QED) is 0.332. The number of nitrogens with one attached hydrogen (secondary N) is 2. The molecule has 0 radical (unpaired) electrons. The highest BCUT2D eigenvalue weighted by molar-refractivity contribution is 7.90. The summed E-state index contributed by atoms with van der Waals surface area (Å²) in [6.45, 7) is 12.0. The molecule has 0 aromatic carbocycles. The standard InChI is InChI=1S/C17H36N4O3S/c1-5-18-17(19-8-11-24-12-13-25(4,22)23)20-16-6-9-21(10-7-16)14-15(2)3/h15-16H,5-14H2,1-4H3,(H2,18,19,20). The second-order valence-corrected chi connectivity index (χ2v) is 9.38. The first-order chi connectivity index (χ1) is 11.8. The van der Waals surface area contributed by atoms with Crippen LogP contribution < -0.4 is 10.6 Å². The molecule has 1 saturated heterocycles. The van der Waals surface area contributed by atoms with Crippen LogP contribution in [0.4, 0.5) is 0 Å². The molecule has 7 nitrogen and oxygen atoms in total. The Bertz CT molecular complexity index is 486. The number of ether oxygens (including phenoxy) is 1. The molecule has 0 unspecified atom stereocenters. The van der Waals surface area contributed by atoms with E-state index in [9.17, 15) is 8.42 Å². The van der Waals surface area contributed by atoms with Crippen LogP contribution in [-0.4, -0.2) is 83.3 Å². The molecule has 1 aliphatic heterocycles. The van der Waals surface area contributed by atoms with Crippen molar-refractivity contribution in [3.63, 3.8) is 0 Å². The molecule has 0 atom stereocenters. The third kappa shape index (κ3) is 11.4. The van der Waals surface area contributed by atoms with Crippen molar-refractivity contribution >= 4 is 15.8 Å². The van der Waals surface area contributed by atoms with Gasteiger partial charge in [0, 0.05) is 38.5 Å². The van der Waals surface area contributed by atoms with Crippen LogP contribution in [0.1, 0.15) is 33.6 Å². The summed E-state index contributed by atoms with van der Waals surface area (Å²) < 4.78 is 27.4. The van der Waals surface area contributed by atoms with Crippen LogP contribution >= 0.6 is 0 Å². The Hall–Kier alpha value is -0.860. The van der Waals surface area contributed by atoms with Gasteiger partial charge < -0.3 is 20.3 Å². The van der Waals surface area contributed by atoms with Gasteiger partial charge in [-0.2, -0.15) is 0 Å². The van der Waals surface area contributed by atoms with Crippen LogP contribution in [0.5, 0.6) is 0 Å². The largest absolute Gasteiger partial charge is 0.378 e. The lowest BCUT2D eigenvalue weighted by Gasteiger charge is -2.34. The third-order valence-corrected chi connectivity index (χ3v) is 4.91. The minimum Gasteiger partial charge on any atom is -0.378 e. The van der Waals surface area contributed by atoms with E-state index in [0.717, 1.165) is 38.4 Å². The van der Waals surface area contributed by atoms with Gasteiger partial charge in [-0.3, -0.25) is 4.99 Å². The Labute approximate surface area is 153 Å². The molecule has 25 heavy (non-hydrogen) atoms. The van der Waals surface area contributed by atoms with E-state index in [4.69, 9.17) is 4.74 Å². The zero-order chi connectivity index (χ0) is 18.7. The van der Waals surface area contributed by atoms with Crippen molar-refractivity contribution in [1.82, 2.24) is 15.5 Å². The van der Waals surface area contributed by atoms with E-state index < -0.39 is 9.84 Å². The van der Waals surface area contributed by atoms with Gasteiger partial charge in [0.1, 0.15) is 9.84 Å². The number of piperidine rings is 1. The van der Waals surface area contributed by atoms with Crippen molar-refractivity contribution in [2.24, 2.45) is 10.9 Å². The van der Waals surface area contributed by atoms with Gasteiger partial charge in [-0.15, -0.1) is 0 Å². The molecular weight excluding hydrogens is 340 g/mol. The molecule has 0 aromatic rings. The van der Waals surface area contributed by atoms with Crippen molar-refractivity contribution < 1.29 is 13.2 Å². The lowest BCUT2D eigenvalue weighted by Crippen LogP contribution is -2.49. The maximum absolute atomic E-state index is 11.0. The summed E-state index contributed by atoms with van der Waals surface area (Å²) in [5.41, 5.74) is 0. The highest BCUT2D eigenvalue weighted by Crippen LogP contribution is 2.11. The molecule has 0 bridgehead atoms. The van der Waals surface area contributed by atoms with E-state index in [1.165, 1.54) is 12.8 Å². The van der Waals surface area contributed by atoms with Gasteiger partial charge in [-0.25, -0.2) is 8.42 Å². The summed E-state index contributed by atoms with van der Waals surface area (Å²) in [5.74, 6) is 1.59. The maximum atomic E-state index is 11.0. The number of hydrogen-bond donors (Lipinski definition) is 2. The van der Waals surface area contributed by atoms with Gasteiger partial charge in [0.2, 0.25) is 0 Å². The summed E-state index contributed by atoms with van der Waals surface area (Å²) in [6.07, 6.45) is 3.47. The van der Waals surface area contributed by atoms with Crippen LogP contribution in [0.15, 0.2) is 4.99 Å². The van der Waals surface area contributed by atoms with Crippen molar-refractivity contribution in [3.8, 4) is 0 Å². The first kappa shape index (κ1) is 22.2. The Morgan fingerprint density at radius 2 is 1.96 bits per heavy atom. The Morgan fingerprint density at radius 3 is 2.52 bits per heavy atom. The Kier molecular flexibility index (Phi) is 10.4. The first-order valence-electron chi connectivity index (χ1n) is 9.32. The molecule has 0 spiro atoms. The van der Waals surface area contributed by atoms with Gasteiger partial charge in [0.25, 0.3) is 0 Å². The molecule has 2 N–H and O–H groups in total. The highest BCUT2D eigenvalue weighted by Gasteiger charge is 2.20. The summed E-state index contributed by atoms with van der Waals surface area (Å²) in [4.78, 5) is 7.05. The normalized spacial score (nSPS) is 17.9. The molecule has 1 heterocycles. The van der Waals surface area contributed by atoms with Crippen molar-refractivity contribution in [2.75, 3.05) is 57.9 Å². The third-order valence-electron chi connectivity index (χ3n) is 4.00. The lowest BCUT2D eigenvalue weighted by molar-refractivity contribution is 0.157. The predicted octanol–water partition coefficient (Wildman–Crippen LogP) is 0.723. The van der Waals surface area contributed by atoms with E-state index in [-0.39, 0.29) is 12.4 Å². The summed E-state index contributed by atoms with van der Waals surface area (Å²) >= 11 is 0. The second-order valence-electron chi connectivity index (χ2n) is 7.12. The molecule has 148 valence electrons. The van der Waals surface area contributed by atoms with E-state index in [1.807, 2.05) is 6.92 Å². The minimum atomic E-state index is -2.96. The maximum Gasteiger partial charge on any atom is 0.191 e. The zero-order valence-corrected chi connectivity index (χ0v) is 17.1. The van der Waals surface area contributed by atoms with E-state index in [0.29, 0.717) is 25.1 Å². The summed E-state index contributed by atoms with van der Waals surface area (Å²) in [7, 11) is -2.96. The SMILES string of the molecule is CCNC(=NCCOCCS(C)(=O)=O)NC1CCN(CC(C)C)CC1. The number of hydrogen-bond acceptors (Lipinski definition) is 5. The van der Waals surface area contributed by atoms with E-state index >= 15 is 0 Å². The zero-order valence-electron chi connectivity index (χ0n) is 16.3. The van der Waals surface area contributed by atoms with E-state index in [1.54, 1.807) is 0 Å². The molecule has 0 saturated carbocycles. The van der Waals surface area contributed by atoms with Gasteiger partial charge in [-0.05, 0) is 25.7 Å². The number of aliphatic imine (C=N–C) groups is 1. The second kappa shape index (κ2) is 11.7. The van der Waals surface area contributed by atoms with Gasteiger partial charge in [-0.1, -0.05) is 13.8 Å². The van der Waals surface area contributed by atoms with Crippen molar-refractivity contribution in [1.29, 1.82) is 0 Å². The minimum absolute atomic E-state index is 0.0595. The van der Waals surface area contributed by atoms with Gasteiger partial charge in [0.05, 0.1) is 25.5 Å². The fourth-order valence-corrected chi connectivity index (χ4v) is 3.24. The van der Waals surface area contributed by atoms with Crippen LogP contribution in [0.2, 0.25) is 0 Å². The lowest BCUT2D eigenvalue weighted by atomic mass is 10.0. The molecule has 1 rings (SSSR count). The number of nitrogens with zero attached hydrogens (tertiary/aromatic N) is 2.